The molecule has 2 nitrogen and oxygen atoms in total. The summed E-state index contributed by atoms with van der Waals surface area (Å²) in [6, 6.07) is 10.1. The van der Waals surface area contributed by atoms with Gasteiger partial charge in [0.1, 0.15) is 5.15 Å². The van der Waals surface area contributed by atoms with Gasteiger partial charge in [-0.3, -0.25) is 4.98 Å². The Morgan fingerprint density at radius 3 is 2.94 bits per heavy atom. The predicted octanol–water partition coefficient (Wildman–Crippen LogP) is 4.00. The Hall–Kier alpha value is -1.67. The van der Waals surface area contributed by atoms with Crippen LogP contribution in [0.25, 0.3) is 21.8 Å². The zero-order chi connectivity index (χ0) is 11.8. The molecular weight excluding hydrogens is 232 g/mol. The summed E-state index contributed by atoms with van der Waals surface area (Å²) in [5.74, 6) is 0. The van der Waals surface area contributed by atoms with Crippen LogP contribution in [0, 0.1) is 0 Å². The van der Waals surface area contributed by atoms with Gasteiger partial charge in [0.2, 0.25) is 0 Å². The average molecular weight is 243 g/mol. The first-order valence-electron chi connectivity index (χ1n) is 5.62. The quantitative estimate of drug-likeness (QED) is 0.476. The summed E-state index contributed by atoms with van der Waals surface area (Å²) in [6.45, 7) is 2.08. The third-order valence-electron chi connectivity index (χ3n) is 2.97. The average Bonchev–Trinajstić information content (AvgIpc) is 2.38. The molecule has 0 radical (unpaired) electrons. The Labute approximate surface area is 104 Å². The van der Waals surface area contributed by atoms with Crippen LogP contribution in [0.5, 0.6) is 0 Å². The van der Waals surface area contributed by atoms with Gasteiger partial charge in [-0.1, -0.05) is 24.6 Å². The van der Waals surface area contributed by atoms with Gasteiger partial charge in [-0.15, -0.1) is 0 Å². The fourth-order valence-electron chi connectivity index (χ4n) is 2.06. The van der Waals surface area contributed by atoms with Gasteiger partial charge >= 0.3 is 0 Å². The summed E-state index contributed by atoms with van der Waals surface area (Å²) in [7, 11) is 0. The number of hydrogen-bond acceptors (Lipinski definition) is 2. The number of rotatable bonds is 1. The number of benzene rings is 1. The van der Waals surface area contributed by atoms with E-state index in [-0.39, 0.29) is 0 Å². The maximum absolute atomic E-state index is 6.17. The first-order chi connectivity index (χ1) is 8.29. The van der Waals surface area contributed by atoms with Crippen molar-refractivity contribution in [1.82, 2.24) is 9.97 Å². The summed E-state index contributed by atoms with van der Waals surface area (Å²) < 4.78 is 0. The Bertz CT molecular complexity index is 707. The summed E-state index contributed by atoms with van der Waals surface area (Å²) in [5, 5.41) is 2.76. The molecule has 3 aromatic rings. The monoisotopic (exact) mass is 242 g/mol. The second kappa shape index (κ2) is 3.97. The van der Waals surface area contributed by atoms with E-state index in [0.29, 0.717) is 5.15 Å². The SMILES string of the molecule is CCc1cc2ccc3ncccc3c2nc1Cl. The molecule has 0 atom stereocenters. The van der Waals surface area contributed by atoms with Crippen molar-refractivity contribution in [2.45, 2.75) is 13.3 Å². The number of fused-ring (bicyclic) bond motifs is 3. The number of aromatic nitrogens is 2. The van der Waals surface area contributed by atoms with Crippen LogP contribution in [0.3, 0.4) is 0 Å². The van der Waals surface area contributed by atoms with Gasteiger partial charge in [-0.2, -0.15) is 0 Å². The number of pyridine rings is 2. The van der Waals surface area contributed by atoms with Crippen LogP contribution >= 0.6 is 11.6 Å². The van der Waals surface area contributed by atoms with Crippen LogP contribution in [-0.4, -0.2) is 9.97 Å². The van der Waals surface area contributed by atoms with Crippen molar-refractivity contribution in [1.29, 1.82) is 0 Å². The Kier molecular flexibility index (Phi) is 2.45. The summed E-state index contributed by atoms with van der Waals surface area (Å²) in [5.41, 5.74) is 2.97. The first-order valence-corrected chi connectivity index (χ1v) is 6.00. The fourth-order valence-corrected chi connectivity index (χ4v) is 2.33. The molecule has 17 heavy (non-hydrogen) atoms. The Balaban J connectivity index is 2.46. The van der Waals surface area contributed by atoms with Crippen LogP contribution < -0.4 is 0 Å². The largest absolute Gasteiger partial charge is 0.256 e. The van der Waals surface area contributed by atoms with Gasteiger partial charge in [0, 0.05) is 17.0 Å². The Morgan fingerprint density at radius 1 is 1.24 bits per heavy atom. The molecule has 0 aliphatic heterocycles. The minimum atomic E-state index is 0.594. The van der Waals surface area contributed by atoms with Gasteiger partial charge in [-0.25, -0.2) is 4.98 Å². The number of hydrogen-bond donors (Lipinski definition) is 0. The topological polar surface area (TPSA) is 25.8 Å². The zero-order valence-electron chi connectivity index (χ0n) is 9.44. The molecule has 0 aliphatic rings. The van der Waals surface area contributed by atoms with Gasteiger partial charge in [0.15, 0.2) is 0 Å². The molecule has 84 valence electrons. The second-order valence-corrected chi connectivity index (χ2v) is 4.36. The van der Waals surface area contributed by atoms with E-state index >= 15 is 0 Å². The molecule has 3 rings (SSSR count). The minimum Gasteiger partial charge on any atom is -0.256 e. The van der Waals surface area contributed by atoms with Gasteiger partial charge in [0.05, 0.1) is 11.0 Å². The molecule has 0 saturated carbocycles. The lowest BCUT2D eigenvalue weighted by molar-refractivity contribution is 1.12. The van der Waals surface area contributed by atoms with E-state index in [1.165, 1.54) is 0 Å². The molecule has 2 aromatic heterocycles. The highest BCUT2D eigenvalue weighted by molar-refractivity contribution is 6.30. The lowest BCUT2D eigenvalue weighted by atomic mass is 10.1. The van der Waals surface area contributed by atoms with Crippen molar-refractivity contribution < 1.29 is 0 Å². The maximum atomic E-state index is 6.17. The minimum absolute atomic E-state index is 0.594. The van der Waals surface area contributed by atoms with E-state index in [1.54, 1.807) is 6.20 Å². The highest BCUT2D eigenvalue weighted by Crippen LogP contribution is 2.26. The molecule has 0 bridgehead atoms. The summed E-state index contributed by atoms with van der Waals surface area (Å²) in [4.78, 5) is 8.82. The van der Waals surface area contributed by atoms with Crippen molar-refractivity contribution >= 4 is 33.4 Å². The first kappa shape index (κ1) is 10.5. The highest BCUT2D eigenvalue weighted by atomic mass is 35.5. The third-order valence-corrected chi connectivity index (χ3v) is 3.30. The smallest absolute Gasteiger partial charge is 0.132 e. The lowest BCUT2D eigenvalue weighted by Gasteiger charge is -2.06. The molecule has 0 unspecified atom stereocenters. The van der Waals surface area contributed by atoms with Crippen LogP contribution in [-0.2, 0) is 6.42 Å². The molecule has 1 aromatic carbocycles. The van der Waals surface area contributed by atoms with Crippen LogP contribution in [0.4, 0.5) is 0 Å². The predicted molar refractivity (Wildman–Crippen MR) is 71.4 cm³/mol. The third kappa shape index (κ3) is 1.65. The number of nitrogens with zero attached hydrogens (tertiary/aromatic N) is 2. The van der Waals surface area contributed by atoms with Crippen molar-refractivity contribution in [2.75, 3.05) is 0 Å². The molecule has 0 saturated heterocycles. The molecular formula is C14H11ClN2. The zero-order valence-corrected chi connectivity index (χ0v) is 10.2. The molecule has 2 heterocycles. The maximum Gasteiger partial charge on any atom is 0.132 e. The number of halogens is 1. The molecule has 0 aliphatic carbocycles. The summed E-state index contributed by atoms with van der Waals surface area (Å²) in [6.07, 6.45) is 2.68. The molecule has 0 spiro atoms. The normalized spacial score (nSPS) is 11.2. The van der Waals surface area contributed by atoms with E-state index < -0.39 is 0 Å². The highest BCUT2D eigenvalue weighted by Gasteiger charge is 2.06. The molecule has 0 N–H and O–H groups in total. The van der Waals surface area contributed by atoms with Gasteiger partial charge < -0.3 is 0 Å². The van der Waals surface area contributed by atoms with Crippen LogP contribution in [0.2, 0.25) is 5.15 Å². The van der Waals surface area contributed by atoms with E-state index in [9.17, 15) is 0 Å². The van der Waals surface area contributed by atoms with Crippen molar-refractivity contribution in [3.63, 3.8) is 0 Å². The van der Waals surface area contributed by atoms with Gasteiger partial charge in [0.25, 0.3) is 0 Å². The molecule has 0 fully saturated rings. The molecule has 0 amide bonds. The Morgan fingerprint density at radius 2 is 2.12 bits per heavy atom. The van der Waals surface area contributed by atoms with E-state index in [2.05, 4.69) is 23.0 Å². The van der Waals surface area contributed by atoms with E-state index in [1.807, 2.05) is 24.3 Å². The van der Waals surface area contributed by atoms with Crippen LogP contribution in [0.15, 0.2) is 36.5 Å². The van der Waals surface area contributed by atoms with Gasteiger partial charge in [-0.05, 0) is 36.2 Å². The standard InChI is InChI=1S/C14H11ClN2/c1-2-9-8-10-5-6-12-11(4-3-7-16-12)13(10)17-14(9)15/h3-8H,2H2,1H3. The fraction of sp³-hybridized carbons (Fsp3) is 0.143. The second-order valence-electron chi connectivity index (χ2n) is 4.00. The van der Waals surface area contributed by atoms with Crippen LogP contribution in [0.1, 0.15) is 12.5 Å². The van der Waals surface area contributed by atoms with Crippen molar-refractivity contribution in [3.8, 4) is 0 Å². The molecule has 3 heteroatoms. The van der Waals surface area contributed by atoms with Crippen molar-refractivity contribution in [3.05, 3.63) is 47.2 Å². The summed E-state index contributed by atoms with van der Waals surface area (Å²) >= 11 is 6.17. The van der Waals surface area contributed by atoms with E-state index in [0.717, 1.165) is 33.8 Å². The van der Waals surface area contributed by atoms with Crippen molar-refractivity contribution in [2.24, 2.45) is 0 Å². The lowest BCUT2D eigenvalue weighted by Crippen LogP contribution is -1.90. The number of aryl methyl sites for hydroxylation is 1. The van der Waals surface area contributed by atoms with E-state index in [4.69, 9.17) is 11.6 Å².